The number of hydrogen-bond acceptors (Lipinski definition) is 8. The van der Waals surface area contributed by atoms with Crippen molar-refractivity contribution in [3.8, 4) is 0 Å². The largest absolute Gasteiger partial charge is 0.343 e. The van der Waals surface area contributed by atoms with Gasteiger partial charge in [0.15, 0.2) is 0 Å². The quantitative estimate of drug-likeness (QED) is 0.503. The molecule has 0 saturated carbocycles. The van der Waals surface area contributed by atoms with Gasteiger partial charge in [0.2, 0.25) is 5.91 Å². The Kier molecular flexibility index (Phi) is 5.78. The van der Waals surface area contributed by atoms with Crippen LogP contribution in [0.15, 0.2) is 30.6 Å². The fourth-order valence-corrected chi connectivity index (χ4v) is 7.23. The van der Waals surface area contributed by atoms with Crippen molar-refractivity contribution in [1.82, 2.24) is 30.2 Å². The van der Waals surface area contributed by atoms with E-state index in [4.69, 9.17) is 4.98 Å². The Labute approximate surface area is 228 Å². The first-order chi connectivity index (χ1) is 19.0. The molecule has 1 aliphatic carbocycles. The van der Waals surface area contributed by atoms with Crippen LogP contribution in [-0.4, -0.2) is 68.3 Å². The van der Waals surface area contributed by atoms with Gasteiger partial charge in [-0.2, -0.15) is 5.01 Å². The van der Waals surface area contributed by atoms with E-state index < -0.39 is 23.8 Å². The third kappa shape index (κ3) is 4.04. The standard InChI is InChI=1S/C28H26N6O4S/c35-22-9-12-33(28(38)31-22)34-26(36)18-6-5-16(13-20(18)27(34)37)14-32-10-7-17(8-11-32)24-23-19-3-1-2-4-21(19)39-25(23)30-15-29-24/h5-7,13,15H,1-4,8-12,14H2,(H,31,35,38). The number of nitrogens with one attached hydrogen (secondary N) is 1. The zero-order valence-electron chi connectivity index (χ0n) is 21.2. The number of nitrogens with zero attached hydrogens (tertiary/aromatic N) is 5. The van der Waals surface area contributed by atoms with Crippen molar-refractivity contribution in [2.75, 3.05) is 19.6 Å². The number of amides is 5. The molecule has 0 bridgehead atoms. The van der Waals surface area contributed by atoms with Gasteiger partial charge < -0.3 is 0 Å². The Morgan fingerprint density at radius 1 is 0.923 bits per heavy atom. The molecule has 1 aromatic carbocycles. The van der Waals surface area contributed by atoms with Crippen LogP contribution in [0.4, 0.5) is 4.79 Å². The van der Waals surface area contributed by atoms with Crippen molar-refractivity contribution in [2.45, 2.75) is 45.1 Å². The number of aryl methyl sites for hydroxylation is 2. The fraction of sp³-hybridized carbons (Fsp3) is 0.357. The molecule has 1 fully saturated rings. The Bertz CT molecular complexity index is 1610. The zero-order chi connectivity index (χ0) is 26.7. The minimum atomic E-state index is -0.763. The van der Waals surface area contributed by atoms with Crippen molar-refractivity contribution in [3.63, 3.8) is 0 Å². The lowest BCUT2D eigenvalue weighted by molar-refractivity contribution is -0.122. The number of aromatic nitrogens is 2. The van der Waals surface area contributed by atoms with Crippen LogP contribution in [0.2, 0.25) is 0 Å². The van der Waals surface area contributed by atoms with Crippen molar-refractivity contribution in [2.24, 2.45) is 0 Å². The lowest BCUT2D eigenvalue weighted by Gasteiger charge is -2.32. The number of hydrogen-bond donors (Lipinski definition) is 1. The average Bonchev–Trinajstić information content (AvgIpc) is 3.44. The summed E-state index contributed by atoms with van der Waals surface area (Å²) in [5.41, 5.74) is 5.24. The van der Waals surface area contributed by atoms with Crippen LogP contribution in [0, 0.1) is 0 Å². The minimum Gasteiger partial charge on any atom is -0.295 e. The van der Waals surface area contributed by atoms with Gasteiger partial charge in [0.25, 0.3) is 11.8 Å². The molecule has 2 aromatic heterocycles. The molecule has 10 nitrogen and oxygen atoms in total. The average molecular weight is 543 g/mol. The van der Waals surface area contributed by atoms with Gasteiger partial charge in [-0.05, 0) is 60.9 Å². The summed E-state index contributed by atoms with van der Waals surface area (Å²) in [6.07, 6.45) is 9.54. The van der Waals surface area contributed by atoms with E-state index >= 15 is 0 Å². The topological polar surface area (TPSA) is 116 Å². The SMILES string of the molecule is O=C1CCN(N2C(=O)c3ccc(CN4CC=C(c5ncnc6sc7c(c56)CCCC7)CC4)cc3C2=O)C(=O)N1. The van der Waals surface area contributed by atoms with Crippen molar-refractivity contribution >= 4 is 50.9 Å². The van der Waals surface area contributed by atoms with Crippen molar-refractivity contribution in [3.05, 3.63) is 63.4 Å². The molecule has 1 saturated heterocycles. The molecule has 0 radical (unpaired) electrons. The van der Waals surface area contributed by atoms with Crippen LogP contribution in [0.5, 0.6) is 0 Å². The number of fused-ring (bicyclic) bond motifs is 4. The van der Waals surface area contributed by atoms with Gasteiger partial charge in [0.1, 0.15) is 11.2 Å². The van der Waals surface area contributed by atoms with E-state index in [1.807, 2.05) is 17.4 Å². The summed E-state index contributed by atoms with van der Waals surface area (Å²) in [7, 11) is 0. The maximum absolute atomic E-state index is 13.1. The first-order valence-corrected chi connectivity index (χ1v) is 14.1. The molecule has 5 amide bonds. The Hall–Kier alpha value is -3.96. The molecule has 11 heteroatoms. The molecule has 4 aliphatic rings. The molecule has 1 N–H and O–H groups in total. The second-order valence-corrected chi connectivity index (χ2v) is 11.4. The van der Waals surface area contributed by atoms with Crippen molar-refractivity contribution in [1.29, 1.82) is 0 Å². The normalized spacial score (nSPS) is 19.8. The number of rotatable bonds is 4. The van der Waals surface area contributed by atoms with Crippen LogP contribution in [-0.2, 0) is 24.2 Å². The summed E-state index contributed by atoms with van der Waals surface area (Å²) >= 11 is 1.82. The number of urea groups is 1. The van der Waals surface area contributed by atoms with E-state index in [2.05, 4.69) is 21.3 Å². The van der Waals surface area contributed by atoms with Gasteiger partial charge in [0.05, 0.1) is 23.4 Å². The highest BCUT2D eigenvalue weighted by Gasteiger charge is 2.43. The molecule has 0 spiro atoms. The highest BCUT2D eigenvalue weighted by Crippen LogP contribution is 2.39. The number of carbonyl (C=O) groups is 4. The molecule has 7 rings (SSSR count). The molecule has 3 aliphatic heterocycles. The predicted octanol–water partition coefficient (Wildman–Crippen LogP) is 3.31. The van der Waals surface area contributed by atoms with Gasteiger partial charge in [-0.25, -0.2) is 19.8 Å². The smallest absolute Gasteiger partial charge is 0.295 e. The summed E-state index contributed by atoms with van der Waals surface area (Å²) in [4.78, 5) is 64.0. The maximum atomic E-state index is 13.1. The van der Waals surface area contributed by atoms with E-state index in [1.165, 1.54) is 34.2 Å². The number of benzene rings is 1. The lowest BCUT2D eigenvalue weighted by Crippen LogP contribution is -2.58. The molecule has 198 valence electrons. The number of carbonyl (C=O) groups excluding carboxylic acids is 4. The molecule has 5 heterocycles. The van der Waals surface area contributed by atoms with Crippen LogP contribution >= 0.6 is 11.3 Å². The van der Waals surface area contributed by atoms with Crippen LogP contribution in [0.1, 0.15) is 68.1 Å². The minimum absolute atomic E-state index is 0.0156. The van der Waals surface area contributed by atoms with E-state index in [0.29, 0.717) is 6.54 Å². The maximum Gasteiger partial charge on any atom is 0.343 e. The molecule has 3 aromatic rings. The Balaban J connectivity index is 1.08. The van der Waals surface area contributed by atoms with Gasteiger partial charge in [0, 0.05) is 36.3 Å². The third-order valence-corrected chi connectivity index (χ3v) is 9.16. The van der Waals surface area contributed by atoms with Gasteiger partial charge in [-0.3, -0.25) is 24.6 Å². The Morgan fingerprint density at radius 3 is 2.59 bits per heavy atom. The second kappa shape index (κ2) is 9.35. The first kappa shape index (κ1) is 24.1. The first-order valence-electron chi connectivity index (χ1n) is 13.3. The van der Waals surface area contributed by atoms with E-state index in [-0.39, 0.29) is 24.1 Å². The molecule has 0 atom stereocenters. The van der Waals surface area contributed by atoms with Gasteiger partial charge in [-0.15, -0.1) is 11.3 Å². The second-order valence-electron chi connectivity index (χ2n) is 10.4. The highest BCUT2D eigenvalue weighted by atomic mass is 32.1. The summed E-state index contributed by atoms with van der Waals surface area (Å²) in [6, 6.07) is 4.49. The summed E-state index contributed by atoms with van der Waals surface area (Å²) in [6.45, 7) is 2.22. The lowest BCUT2D eigenvalue weighted by atomic mass is 9.93. The monoisotopic (exact) mass is 542 g/mol. The molecular weight excluding hydrogens is 516 g/mol. The van der Waals surface area contributed by atoms with E-state index in [0.717, 1.165) is 58.5 Å². The molecule has 0 unspecified atom stereocenters. The van der Waals surface area contributed by atoms with Crippen LogP contribution in [0.25, 0.3) is 15.8 Å². The fourth-order valence-electron chi connectivity index (χ4n) is 6.00. The highest BCUT2D eigenvalue weighted by molar-refractivity contribution is 7.18. The molecular formula is C28H26N6O4S. The summed E-state index contributed by atoms with van der Waals surface area (Å²) in [5.74, 6) is -1.52. The van der Waals surface area contributed by atoms with Crippen LogP contribution < -0.4 is 5.32 Å². The number of imide groups is 2. The van der Waals surface area contributed by atoms with Gasteiger partial charge in [-0.1, -0.05) is 12.1 Å². The third-order valence-electron chi connectivity index (χ3n) is 7.96. The van der Waals surface area contributed by atoms with Gasteiger partial charge >= 0.3 is 6.03 Å². The van der Waals surface area contributed by atoms with E-state index in [1.54, 1.807) is 18.5 Å². The summed E-state index contributed by atoms with van der Waals surface area (Å²) in [5, 5.41) is 5.26. The number of hydrazine groups is 1. The zero-order valence-corrected chi connectivity index (χ0v) is 22.1. The van der Waals surface area contributed by atoms with E-state index in [9.17, 15) is 19.2 Å². The van der Waals surface area contributed by atoms with Crippen molar-refractivity contribution < 1.29 is 19.2 Å². The summed E-state index contributed by atoms with van der Waals surface area (Å²) < 4.78 is 0. The number of thiophene rings is 1. The molecule has 39 heavy (non-hydrogen) atoms. The predicted molar refractivity (Wildman–Crippen MR) is 144 cm³/mol. The van der Waals surface area contributed by atoms with Crippen LogP contribution in [0.3, 0.4) is 0 Å². The Morgan fingerprint density at radius 2 is 1.77 bits per heavy atom.